The molecule has 1 fully saturated rings. The number of benzene rings is 2. The molecule has 0 bridgehead atoms. The number of halogens is 1. The molecular weight excluding hydrogens is 416 g/mol. The number of carbonyl (C=O) groups is 1. The number of amides is 1. The maximum Gasteiger partial charge on any atom is 0.286 e. The van der Waals surface area contributed by atoms with Crippen LogP contribution >= 0.6 is 23.4 Å². The number of allylic oxidation sites excluding steroid dienone is 1. The molecular formula is C24H23ClN2O2S. The van der Waals surface area contributed by atoms with E-state index in [1.54, 1.807) is 0 Å². The molecule has 3 aliphatic rings. The molecule has 0 atom stereocenters. The number of aliphatic imine (C=N–C) groups is 1. The SMILES string of the molecule is CCC(=C1SC(N2CCC3(CC2)OCc2ccccc23)=NC1=O)c1ccc(Cl)cc1. The number of nitrogens with zero attached hydrogens (tertiary/aromatic N) is 2. The lowest BCUT2D eigenvalue weighted by atomic mass is 9.84. The van der Waals surface area contributed by atoms with E-state index in [0.717, 1.165) is 53.6 Å². The number of ether oxygens (including phenoxy) is 1. The first kappa shape index (κ1) is 19.9. The fourth-order valence-corrected chi connectivity index (χ4v) is 5.89. The number of carbonyl (C=O) groups excluding carboxylic acids is 1. The first-order valence-electron chi connectivity index (χ1n) is 10.4. The molecule has 2 aromatic rings. The van der Waals surface area contributed by atoms with E-state index >= 15 is 0 Å². The number of amidine groups is 1. The highest BCUT2D eigenvalue weighted by Crippen LogP contribution is 2.45. The Kier molecular flexibility index (Phi) is 5.21. The number of piperidine rings is 1. The summed E-state index contributed by atoms with van der Waals surface area (Å²) >= 11 is 7.53. The number of fused-ring (bicyclic) bond motifs is 2. The average molecular weight is 439 g/mol. The van der Waals surface area contributed by atoms with E-state index in [-0.39, 0.29) is 11.5 Å². The Morgan fingerprint density at radius 1 is 1.17 bits per heavy atom. The maximum atomic E-state index is 12.7. The molecule has 4 nitrogen and oxygen atoms in total. The largest absolute Gasteiger partial charge is 0.365 e. The summed E-state index contributed by atoms with van der Waals surface area (Å²) in [6.07, 6.45) is 2.59. The van der Waals surface area contributed by atoms with Crippen LogP contribution in [0.4, 0.5) is 0 Å². The van der Waals surface area contributed by atoms with E-state index in [4.69, 9.17) is 16.3 Å². The molecule has 3 heterocycles. The number of hydrogen-bond acceptors (Lipinski definition) is 4. The van der Waals surface area contributed by atoms with Crippen LogP contribution < -0.4 is 0 Å². The van der Waals surface area contributed by atoms with Crippen molar-refractivity contribution in [3.8, 4) is 0 Å². The van der Waals surface area contributed by atoms with Crippen LogP contribution in [0, 0.1) is 0 Å². The third-order valence-corrected chi connectivity index (χ3v) is 7.67. The highest BCUT2D eigenvalue weighted by atomic mass is 35.5. The zero-order chi connectivity index (χ0) is 20.7. The molecule has 2 aromatic carbocycles. The first-order chi connectivity index (χ1) is 14.6. The topological polar surface area (TPSA) is 41.9 Å². The number of hydrogen-bond donors (Lipinski definition) is 0. The van der Waals surface area contributed by atoms with E-state index in [2.05, 4.69) is 41.1 Å². The Morgan fingerprint density at radius 3 is 2.63 bits per heavy atom. The summed E-state index contributed by atoms with van der Waals surface area (Å²) in [7, 11) is 0. The molecule has 1 spiro atoms. The number of likely N-dealkylation sites (tertiary alicyclic amines) is 1. The van der Waals surface area contributed by atoms with Gasteiger partial charge >= 0.3 is 0 Å². The summed E-state index contributed by atoms with van der Waals surface area (Å²) in [5.41, 5.74) is 4.51. The van der Waals surface area contributed by atoms with Gasteiger partial charge in [0.25, 0.3) is 5.91 Å². The van der Waals surface area contributed by atoms with Crippen molar-refractivity contribution in [2.24, 2.45) is 4.99 Å². The minimum atomic E-state index is -0.183. The molecule has 1 saturated heterocycles. The monoisotopic (exact) mass is 438 g/mol. The second kappa shape index (κ2) is 7.88. The molecule has 3 aliphatic heterocycles. The third kappa shape index (κ3) is 3.39. The van der Waals surface area contributed by atoms with Gasteiger partial charge in [-0.1, -0.05) is 54.9 Å². The van der Waals surface area contributed by atoms with Crippen molar-refractivity contribution in [3.05, 3.63) is 75.1 Å². The molecule has 0 saturated carbocycles. The number of rotatable bonds is 2. The van der Waals surface area contributed by atoms with Gasteiger partial charge < -0.3 is 9.64 Å². The van der Waals surface area contributed by atoms with Gasteiger partial charge in [-0.3, -0.25) is 4.79 Å². The van der Waals surface area contributed by atoms with Crippen LogP contribution in [0.5, 0.6) is 0 Å². The Labute approximate surface area is 186 Å². The van der Waals surface area contributed by atoms with Crippen LogP contribution in [0.2, 0.25) is 5.02 Å². The van der Waals surface area contributed by atoms with Gasteiger partial charge in [-0.05, 0) is 65.4 Å². The fraction of sp³-hybridized carbons (Fsp3) is 0.333. The van der Waals surface area contributed by atoms with Crippen molar-refractivity contribution < 1.29 is 9.53 Å². The van der Waals surface area contributed by atoms with Crippen molar-refractivity contribution >= 4 is 40.0 Å². The maximum absolute atomic E-state index is 12.7. The molecule has 5 rings (SSSR count). The van der Waals surface area contributed by atoms with E-state index in [9.17, 15) is 4.79 Å². The minimum Gasteiger partial charge on any atom is -0.365 e. The molecule has 0 aliphatic carbocycles. The Hall–Kier alpha value is -2.08. The quantitative estimate of drug-likeness (QED) is 0.571. The Morgan fingerprint density at radius 2 is 1.90 bits per heavy atom. The van der Waals surface area contributed by atoms with Gasteiger partial charge in [0.2, 0.25) is 0 Å². The highest BCUT2D eigenvalue weighted by molar-refractivity contribution is 8.18. The molecule has 154 valence electrons. The predicted octanol–water partition coefficient (Wildman–Crippen LogP) is 5.61. The lowest BCUT2D eigenvalue weighted by Crippen LogP contribution is -2.44. The summed E-state index contributed by atoms with van der Waals surface area (Å²) in [6.45, 7) is 4.44. The predicted molar refractivity (Wildman–Crippen MR) is 122 cm³/mol. The van der Waals surface area contributed by atoms with Gasteiger partial charge in [-0.25, -0.2) is 0 Å². The van der Waals surface area contributed by atoms with E-state index in [0.29, 0.717) is 11.6 Å². The molecule has 0 radical (unpaired) electrons. The van der Waals surface area contributed by atoms with Crippen LogP contribution in [0.1, 0.15) is 42.9 Å². The van der Waals surface area contributed by atoms with Gasteiger partial charge in [0.05, 0.1) is 17.1 Å². The van der Waals surface area contributed by atoms with Crippen molar-refractivity contribution in [1.29, 1.82) is 0 Å². The molecule has 0 aromatic heterocycles. The van der Waals surface area contributed by atoms with Crippen molar-refractivity contribution in [3.63, 3.8) is 0 Å². The van der Waals surface area contributed by atoms with Crippen LogP contribution in [0.25, 0.3) is 5.57 Å². The Balaban J connectivity index is 1.33. The Bertz CT molecular complexity index is 1050. The summed E-state index contributed by atoms with van der Waals surface area (Å²) < 4.78 is 6.27. The molecule has 0 N–H and O–H groups in total. The van der Waals surface area contributed by atoms with Crippen molar-refractivity contribution in [2.45, 2.75) is 38.4 Å². The lowest BCUT2D eigenvalue weighted by Gasteiger charge is -2.39. The van der Waals surface area contributed by atoms with Gasteiger partial charge in [-0.15, -0.1) is 0 Å². The number of thioether (sulfide) groups is 1. The molecule has 0 unspecified atom stereocenters. The second-order valence-corrected chi connectivity index (χ2v) is 9.31. The minimum absolute atomic E-state index is 0.135. The standard InChI is InChI=1S/C24H23ClN2O2S/c1-2-19(16-7-9-18(25)10-8-16)21-22(28)26-23(30-21)27-13-11-24(12-14-27)20-6-4-3-5-17(20)15-29-24/h3-10H,2,11-15H2,1H3. The smallest absolute Gasteiger partial charge is 0.286 e. The van der Waals surface area contributed by atoms with Gasteiger partial charge in [0, 0.05) is 18.1 Å². The fourth-order valence-electron chi connectivity index (χ4n) is 4.63. The average Bonchev–Trinajstić information content (AvgIpc) is 3.32. The van der Waals surface area contributed by atoms with Crippen molar-refractivity contribution in [2.75, 3.05) is 13.1 Å². The molecule has 1 amide bonds. The zero-order valence-electron chi connectivity index (χ0n) is 16.9. The van der Waals surface area contributed by atoms with Crippen molar-refractivity contribution in [1.82, 2.24) is 4.90 Å². The van der Waals surface area contributed by atoms with Gasteiger partial charge in [0.1, 0.15) is 0 Å². The first-order valence-corrected chi connectivity index (χ1v) is 11.6. The van der Waals surface area contributed by atoms with Gasteiger partial charge in [-0.2, -0.15) is 4.99 Å². The van der Waals surface area contributed by atoms with Crippen LogP contribution in [-0.2, 0) is 21.7 Å². The lowest BCUT2D eigenvalue weighted by molar-refractivity contribution is -0.113. The van der Waals surface area contributed by atoms with E-state index < -0.39 is 0 Å². The van der Waals surface area contributed by atoms with Crippen LogP contribution in [0.3, 0.4) is 0 Å². The summed E-state index contributed by atoms with van der Waals surface area (Å²) in [5.74, 6) is -0.135. The zero-order valence-corrected chi connectivity index (χ0v) is 18.4. The highest BCUT2D eigenvalue weighted by Gasteiger charge is 2.43. The van der Waals surface area contributed by atoms with E-state index in [1.807, 2.05) is 24.3 Å². The molecule has 30 heavy (non-hydrogen) atoms. The third-order valence-electron chi connectivity index (χ3n) is 6.26. The summed E-state index contributed by atoms with van der Waals surface area (Å²) in [6, 6.07) is 16.2. The van der Waals surface area contributed by atoms with E-state index in [1.165, 1.54) is 22.9 Å². The normalized spacial score (nSPS) is 21.7. The summed E-state index contributed by atoms with van der Waals surface area (Å²) in [4.78, 5) is 20.1. The second-order valence-electron chi connectivity index (χ2n) is 7.90. The van der Waals surface area contributed by atoms with Gasteiger partial charge in [0.15, 0.2) is 5.17 Å². The van der Waals surface area contributed by atoms with Crippen LogP contribution in [-0.4, -0.2) is 29.1 Å². The van der Waals surface area contributed by atoms with Crippen LogP contribution in [0.15, 0.2) is 58.4 Å². The summed E-state index contributed by atoms with van der Waals surface area (Å²) in [5, 5.41) is 1.51. The molecule has 6 heteroatoms.